The summed E-state index contributed by atoms with van der Waals surface area (Å²) in [4.78, 5) is -1.15. The maximum Gasteiger partial charge on any atom is 0.246 e. The minimum atomic E-state index is -4.39. The van der Waals surface area contributed by atoms with E-state index in [0.717, 1.165) is 12.8 Å². The molecule has 1 saturated carbocycles. The van der Waals surface area contributed by atoms with Gasteiger partial charge in [0.15, 0.2) is 4.90 Å². The minimum Gasteiger partial charge on any atom is -0.330 e. The second-order valence-corrected chi connectivity index (χ2v) is 6.50. The molecule has 0 aromatic heterocycles. The van der Waals surface area contributed by atoms with E-state index in [-0.39, 0.29) is 5.92 Å². The molecule has 20 heavy (non-hydrogen) atoms. The van der Waals surface area contributed by atoms with Crippen LogP contribution in [0.1, 0.15) is 19.3 Å². The van der Waals surface area contributed by atoms with Gasteiger partial charge in [-0.1, -0.05) is 6.42 Å². The van der Waals surface area contributed by atoms with Crippen LogP contribution in [0, 0.1) is 23.4 Å². The summed E-state index contributed by atoms with van der Waals surface area (Å²) in [6.45, 7) is 0.293. The summed E-state index contributed by atoms with van der Waals surface area (Å²) in [7, 11) is -4.39. The van der Waals surface area contributed by atoms with Crippen molar-refractivity contribution in [3.63, 3.8) is 0 Å². The van der Waals surface area contributed by atoms with Crippen molar-refractivity contribution in [3.8, 4) is 0 Å². The summed E-state index contributed by atoms with van der Waals surface area (Å²) < 4.78 is 66.2. The second-order valence-electron chi connectivity index (χ2n) is 4.85. The quantitative estimate of drug-likeness (QED) is 0.885. The monoisotopic (exact) mass is 308 g/mol. The van der Waals surface area contributed by atoms with Crippen molar-refractivity contribution in [1.29, 1.82) is 0 Å². The Hall–Kier alpha value is -1.12. The number of halogens is 3. The Morgan fingerprint density at radius 2 is 1.80 bits per heavy atom. The van der Waals surface area contributed by atoms with Gasteiger partial charge in [0.1, 0.15) is 17.5 Å². The van der Waals surface area contributed by atoms with Gasteiger partial charge in [-0.25, -0.2) is 26.3 Å². The molecular formula is C12H15F3N2O2S. The lowest BCUT2D eigenvalue weighted by molar-refractivity contribution is 0.445. The van der Waals surface area contributed by atoms with E-state index < -0.39 is 38.4 Å². The van der Waals surface area contributed by atoms with Gasteiger partial charge >= 0.3 is 0 Å². The molecule has 2 rings (SSSR count). The average molecular weight is 308 g/mol. The fourth-order valence-corrected chi connectivity index (χ4v) is 3.98. The topological polar surface area (TPSA) is 72.2 Å². The molecule has 0 aliphatic heterocycles. The van der Waals surface area contributed by atoms with Crippen molar-refractivity contribution >= 4 is 10.0 Å². The number of hydrogen-bond acceptors (Lipinski definition) is 3. The summed E-state index contributed by atoms with van der Waals surface area (Å²) in [5.41, 5.74) is 5.53. The van der Waals surface area contributed by atoms with Crippen LogP contribution >= 0.6 is 0 Å². The highest BCUT2D eigenvalue weighted by Crippen LogP contribution is 2.27. The van der Waals surface area contributed by atoms with Crippen molar-refractivity contribution in [3.05, 3.63) is 29.6 Å². The molecule has 1 aromatic rings. The van der Waals surface area contributed by atoms with Crippen molar-refractivity contribution in [1.82, 2.24) is 4.72 Å². The van der Waals surface area contributed by atoms with Gasteiger partial charge in [0.2, 0.25) is 10.0 Å². The van der Waals surface area contributed by atoms with Crippen LogP contribution in [0.15, 0.2) is 17.0 Å². The van der Waals surface area contributed by atoms with E-state index in [4.69, 9.17) is 5.73 Å². The lowest BCUT2D eigenvalue weighted by Gasteiger charge is -2.19. The van der Waals surface area contributed by atoms with Crippen LogP contribution in [-0.4, -0.2) is 21.0 Å². The molecule has 1 aromatic carbocycles. The molecule has 8 heteroatoms. The van der Waals surface area contributed by atoms with Crippen LogP contribution in [0.2, 0.25) is 0 Å². The van der Waals surface area contributed by atoms with Crippen LogP contribution in [0.3, 0.4) is 0 Å². The summed E-state index contributed by atoms with van der Waals surface area (Å²) in [6, 6.07) is 0.230. The molecule has 1 fully saturated rings. The first-order chi connectivity index (χ1) is 9.35. The molecule has 0 saturated heterocycles. The highest BCUT2D eigenvalue weighted by atomic mass is 32.2. The molecule has 0 spiro atoms. The Morgan fingerprint density at radius 3 is 2.35 bits per heavy atom. The fraction of sp³-hybridized carbons (Fsp3) is 0.500. The average Bonchev–Trinajstić information content (AvgIpc) is 2.73. The molecule has 3 N–H and O–H groups in total. The first-order valence-electron chi connectivity index (χ1n) is 6.22. The van der Waals surface area contributed by atoms with Gasteiger partial charge < -0.3 is 5.73 Å². The van der Waals surface area contributed by atoms with Crippen LogP contribution < -0.4 is 10.5 Å². The largest absolute Gasteiger partial charge is 0.330 e. The van der Waals surface area contributed by atoms with E-state index in [9.17, 15) is 21.6 Å². The highest BCUT2D eigenvalue weighted by Gasteiger charge is 2.33. The van der Waals surface area contributed by atoms with Gasteiger partial charge in [0.25, 0.3) is 0 Å². The number of hydrogen-bond donors (Lipinski definition) is 2. The zero-order valence-electron chi connectivity index (χ0n) is 10.6. The van der Waals surface area contributed by atoms with E-state index in [1.807, 2.05) is 0 Å². The molecular weight excluding hydrogens is 293 g/mol. The zero-order chi connectivity index (χ0) is 14.9. The number of sulfonamides is 1. The van der Waals surface area contributed by atoms with Crippen LogP contribution in [-0.2, 0) is 10.0 Å². The molecule has 4 nitrogen and oxygen atoms in total. The summed E-state index contributed by atoms with van der Waals surface area (Å²) >= 11 is 0. The lowest BCUT2D eigenvalue weighted by atomic mass is 10.1. The number of nitrogens with one attached hydrogen (secondary N) is 1. The first kappa shape index (κ1) is 15.3. The van der Waals surface area contributed by atoms with Gasteiger partial charge in [-0.15, -0.1) is 0 Å². The van der Waals surface area contributed by atoms with Crippen molar-refractivity contribution in [2.45, 2.75) is 30.2 Å². The zero-order valence-corrected chi connectivity index (χ0v) is 11.4. The predicted molar refractivity (Wildman–Crippen MR) is 66.8 cm³/mol. The van der Waals surface area contributed by atoms with Crippen LogP contribution in [0.4, 0.5) is 13.2 Å². The van der Waals surface area contributed by atoms with E-state index in [0.29, 0.717) is 25.1 Å². The fourth-order valence-electron chi connectivity index (χ4n) is 2.52. The summed E-state index contributed by atoms with van der Waals surface area (Å²) in [5.74, 6) is -4.12. The molecule has 0 amide bonds. The Morgan fingerprint density at radius 1 is 1.20 bits per heavy atom. The van der Waals surface area contributed by atoms with Gasteiger partial charge in [0.05, 0.1) is 0 Å². The number of nitrogens with two attached hydrogens (primary N) is 1. The van der Waals surface area contributed by atoms with Gasteiger partial charge in [0, 0.05) is 18.2 Å². The first-order valence-corrected chi connectivity index (χ1v) is 7.70. The Labute approximate surface area is 115 Å². The van der Waals surface area contributed by atoms with Crippen molar-refractivity contribution in [2.24, 2.45) is 11.7 Å². The molecule has 112 valence electrons. The number of benzene rings is 1. The third-order valence-corrected chi connectivity index (χ3v) is 5.04. The SMILES string of the molecule is NC[C@@H]1CCC[C@H]1NS(=O)(=O)c1c(F)cc(F)cc1F. The standard InChI is InChI=1S/C12H15F3N2O2S/c13-8-4-9(14)12(10(15)5-8)20(18,19)17-11-3-1-2-7(11)6-16/h4-5,7,11,17H,1-3,6,16H2/t7-,11+/m0/s1. The van der Waals surface area contributed by atoms with Gasteiger partial charge in [-0.05, 0) is 25.3 Å². The number of rotatable bonds is 4. The smallest absolute Gasteiger partial charge is 0.246 e. The van der Waals surface area contributed by atoms with E-state index in [2.05, 4.69) is 4.72 Å². The van der Waals surface area contributed by atoms with E-state index in [1.165, 1.54) is 0 Å². The normalized spacial score (nSPS) is 23.2. The molecule has 0 unspecified atom stereocenters. The maximum atomic E-state index is 13.5. The molecule has 0 radical (unpaired) electrons. The maximum absolute atomic E-state index is 13.5. The van der Waals surface area contributed by atoms with E-state index >= 15 is 0 Å². The van der Waals surface area contributed by atoms with Gasteiger partial charge in [-0.3, -0.25) is 0 Å². The third-order valence-electron chi connectivity index (χ3n) is 3.50. The van der Waals surface area contributed by atoms with E-state index in [1.54, 1.807) is 0 Å². The highest BCUT2D eigenvalue weighted by molar-refractivity contribution is 7.89. The van der Waals surface area contributed by atoms with Gasteiger partial charge in [-0.2, -0.15) is 0 Å². The molecule has 0 bridgehead atoms. The summed E-state index contributed by atoms with van der Waals surface area (Å²) in [6.07, 6.45) is 2.12. The predicted octanol–water partition coefficient (Wildman–Crippen LogP) is 1.51. The molecule has 2 atom stereocenters. The summed E-state index contributed by atoms with van der Waals surface area (Å²) in [5, 5.41) is 0. The lowest BCUT2D eigenvalue weighted by Crippen LogP contribution is -2.40. The third kappa shape index (κ3) is 2.97. The Balaban J connectivity index is 2.32. The Bertz CT molecular complexity index is 584. The van der Waals surface area contributed by atoms with Crippen LogP contribution in [0.25, 0.3) is 0 Å². The van der Waals surface area contributed by atoms with Crippen molar-refractivity contribution < 1.29 is 21.6 Å². The molecule has 1 aliphatic rings. The van der Waals surface area contributed by atoms with Crippen LogP contribution in [0.5, 0.6) is 0 Å². The minimum absolute atomic E-state index is 0.0589. The Kier molecular flexibility index (Phi) is 4.36. The molecule has 1 aliphatic carbocycles. The second kappa shape index (κ2) is 5.71. The van der Waals surface area contributed by atoms with Crippen molar-refractivity contribution in [2.75, 3.05) is 6.54 Å². The molecule has 0 heterocycles.